The number of Topliss-reactive ketones (excluding diaryl/α,β-unsaturated/α-hetero) is 1. The maximum atomic E-state index is 13.3. The van der Waals surface area contributed by atoms with Gasteiger partial charge < -0.3 is 10.3 Å². The lowest BCUT2D eigenvalue weighted by molar-refractivity contribution is -0.116. The summed E-state index contributed by atoms with van der Waals surface area (Å²) in [6.45, 7) is 2.06. The van der Waals surface area contributed by atoms with E-state index >= 15 is 0 Å². The molecule has 2 N–H and O–H groups in total. The SMILES string of the molecule is Cc1ccc(CSc2nc3c(c(=O)[nH]2)C(c2cccc(Br)c2)C2=C(CCCC2=O)N3)cc1. The number of benzene rings is 2. The van der Waals surface area contributed by atoms with E-state index in [1.165, 1.54) is 22.9 Å². The second-order valence-electron chi connectivity index (χ2n) is 8.19. The third kappa shape index (κ3) is 4.07. The highest BCUT2D eigenvalue weighted by Crippen LogP contribution is 2.43. The van der Waals surface area contributed by atoms with Gasteiger partial charge in [0.05, 0.1) is 5.56 Å². The number of H-pyrrole nitrogens is 1. The summed E-state index contributed by atoms with van der Waals surface area (Å²) in [5.41, 5.74) is 5.20. The number of hydrogen-bond acceptors (Lipinski definition) is 5. The molecule has 3 aromatic rings. The molecule has 1 unspecified atom stereocenters. The summed E-state index contributed by atoms with van der Waals surface area (Å²) in [7, 11) is 0. The van der Waals surface area contributed by atoms with E-state index in [4.69, 9.17) is 4.98 Å². The molecule has 0 bridgehead atoms. The van der Waals surface area contributed by atoms with Crippen LogP contribution in [-0.2, 0) is 10.5 Å². The van der Waals surface area contributed by atoms with Gasteiger partial charge in [0, 0.05) is 33.8 Å². The smallest absolute Gasteiger partial charge is 0.257 e. The predicted octanol–water partition coefficient (Wildman–Crippen LogP) is 5.70. The minimum Gasteiger partial charge on any atom is -0.343 e. The van der Waals surface area contributed by atoms with Crippen molar-refractivity contribution in [2.24, 2.45) is 0 Å². The van der Waals surface area contributed by atoms with E-state index in [0.29, 0.717) is 34.3 Å². The van der Waals surface area contributed by atoms with Crippen molar-refractivity contribution in [2.45, 2.75) is 43.0 Å². The number of allylic oxidation sites excluding steroid dienone is 2. The predicted molar refractivity (Wildman–Crippen MR) is 131 cm³/mol. The lowest BCUT2D eigenvalue weighted by atomic mass is 9.76. The quantitative estimate of drug-likeness (QED) is 0.350. The summed E-state index contributed by atoms with van der Waals surface area (Å²) in [5, 5.41) is 3.90. The fraction of sp³-hybridized carbons (Fsp3) is 0.240. The van der Waals surface area contributed by atoms with Crippen molar-refractivity contribution in [2.75, 3.05) is 5.32 Å². The standard InChI is InChI=1S/C25H22BrN3O2S/c1-14-8-10-15(11-9-14)13-32-25-28-23-22(24(31)29-25)20(16-4-2-5-17(26)12-16)21-18(27-23)6-3-7-19(21)30/h2,4-5,8-12,20H,3,6-7,13H2,1H3,(H2,27,28,29,31). The Kier molecular flexibility index (Phi) is 5.78. The van der Waals surface area contributed by atoms with Crippen LogP contribution in [0.1, 0.15) is 47.4 Å². The van der Waals surface area contributed by atoms with Gasteiger partial charge in [-0.2, -0.15) is 0 Å². The first kappa shape index (κ1) is 21.2. The van der Waals surface area contributed by atoms with E-state index in [1.54, 1.807) is 0 Å². The van der Waals surface area contributed by atoms with Gasteiger partial charge >= 0.3 is 0 Å². The molecular weight excluding hydrogens is 486 g/mol. The number of anilines is 1. The molecule has 0 saturated carbocycles. The second-order valence-corrected chi connectivity index (χ2v) is 10.1. The highest BCUT2D eigenvalue weighted by atomic mass is 79.9. The van der Waals surface area contributed by atoms with Gasteiger partial charge in [-0.1, -0.05) is 69.7 Å². The van der Waals surface area contributed by atoms with Crippen LogP contribution < -0.4 is 10.9 Å². The fourth-order valence-corrected chi connectivity index (χ4v) is 5.60. The first-order valence-corrected chi connectivity index (χ1v) is 12.4. The number of rotatable bonds is 4. The number of halogens is 1. The lowest BCUT2D eigenvalue weighted by Gasteiger charge is -2.32. The van der Waals surface area contributed by atoms with Gasteiger partial charge in [0.25, 0.3) is 5.56 Å². The van der Waals surface area contributed by atoms with Crippen LogP contribution in [0.15, 0.2) is 74.2 Å². The van der Waals surface area contributed by atoms with Crippen molar-refractivity contribution < 1.29 is 4.79 Å². The summed E-state index contributed by atoms with van der Waals surface area (Å²) < 4.78 is 0.912. The Hall–Kier alpha value is -2.64. The summed E-state index contributed by atoms with van der Waals surface area (Å²) in [6, 6.07) is 16.2. The van der Waals surface area contributed by atoms with Crippen LogP contribution in [0.25, 0.3) is 0 Å². The molecule has 0 radical (unpaired) electrons. The largest absolute Gasteiger partial charge is 0.343 e. The maximum Gasteiger partial charge on any atom is 0.257 e. The molecule has 0 spiro atoms. The molecule has 5 rings (SSSR count). The molecule has 1 aromatic heterocycles. The molecule has 0 fully saturated rings. The molecular formula is C25H22BrN3O2S. The van der Waals surface area contributed by atoms with Crippen LogP contribution >= 0.6 is 27.7 Å². The number of ketones is 1. The number of nitrogens with zero attached hydrogens (tertiary/aromatic N) is 1. The van der Waals surface area contributed by atoms with E-state index < -0.39 is 5.92 Å². The number of aromatic nitrogens is 2. The minimum atomic E-state index is -0.418. The van der Waals surface area contributed by atoms with Crippen molar-refractivity contribution >= 4 is 39.3 Å². The highest BCUT2D eigenvalue weighted by Gasteiger charge is 2.37. The van der Waals surface area contributed by atoms with Gasteiger partial charge in [0.15, 0.2) is 10.9 Å². The zero-order valence-corrected chi connectivity index (χ0v) is 20.0. The fourth-order valence-electron chi connectivity index (χ4n) is 4.36. The van der Waals surface area contributed by atoms with Gasteiger partial charge in [-0.3, -0.25) is 9.59 Å². The van der Waals surface area contributed by atoms with E-state index in [2.05, 4.69) is 57.4 Å². The molecule has 1 aliphatic heterocycles. The Morgan fingerprint density at radius 1 is 1.12 bits per heavy atom. The van der Waals surface area contributed by atoms with Gasteiger partial charge in [0.2, 0.25) is 0 Å². The van der Waals surface area contributed by atoms with Crippen LogP contribution in [0.5, 0.6) is 0 Å². The Balaban J connectivity index is 1.55. The van der Waals surface area contributed by atoms with Crippen molar-refractivity contribution in [1.29, 1.82) is 0 Å². The number of thioether (sulfide) groups is 1. The summed E-state index contributed by atoms with van der Waals surface area (Å²) in [6.07, 6.45) is 2.10. The molecule has 2 heterocycles. The number of carbonyl (C=O) groups excluding carboxylic acids is 1. The number of nitrogens with one attached hydrogen (secondary N) is 2. The van der Waals surface area contributed by atoms with Crippen LogP contribution in [0.3, 0.4) is 0 Å². The molecule has 1 atom stereocenters. The number of carbonyl (C=O) groups is 1. The van der Waals surface area contributed by atoms with Crippen molar-refractivity contribution in [3.05, 3.63) is 96.9 Å². The Labute approximate surface area is 198 Å². The summed E-state index contributed by atoms with van der Waals surface area (Å²) >= 11 is 5.03. The highest BCUT2D eigenvalue weighted by molar-refractivity contribution is 9.10. The van der Waals surface area contributed by atoms with Crippen molar-refractivity contribution in [1.82, 2.24) is 9.97 Å². The van der Waals surface area contributed by atoms with E-state index in [9.17, 15) is 9.59 Å². The minimum absolute atomic E-state index is 0.103. The number of aryl methyl sites for hydroxylation is 1. The Bertz CT molecular complexity index is 1300. The van der Waals surface area contributed by atoms with Gasteiger partial charge in [-0.15, -0.1) is 0 Å². The van der Waals surface area contributed by atoms with Crippen molar-refractivity contribution in [3.63, 3.8) is 0 Å². The zero-order valence-electron chi connectivity index (χ0n) is 17.6. The van der Waals surface area contributed by atoms with Gasteiger partial charge in [-0.25, -0.2) is 4.98 Å². The third-order valence-electron chi connectivity index (χ3n) is 5.91. The van der Waals surface area contributed by atoms with Crippen LogP contribution in [0.2, 0.25) is 0 Å². The number of fused-ring (bicyclic) bond motifs is 1. The van der Waals surface area contributed by atoms with Crippen LogP contribution in [0.4, 0.5) is 5.82 Å². The average Bonchev–Trinajstić information content (AvgIpc) is 2.77. The van der Waals surface area contributed by atoms with Gasteiger partial charge in [-0.05, 0) is 43.0 Å². The Morgan fingerprint density at radius 3 is 2.72 bits per heavy atom. The van der Waals surface area contributed by atoms with E-state index in [1.807, 2.05) is 24.3 Å². The molecule has 7 heteroatoms. The topological polar surface area (TPSA) is 74.8 Å². The second kappa shape index (κ2) is 8.71. The Morgan fingerprint density at radius 2 is 1.94 bits per heavy atom. The molecule has 0 saturated heterocycles. The normalized spacial score (nSPS) is 17.6. The average molecular weight is 508 g/mol. The van der Waals surface area contributed by atoms with Crippen LogP contribution in [0, 0.1) is 6.92 Å². The van der Waals surface area contributed by atoms with E-state index in [0.717, 1.165) is 28.6 Å². The number of hydrogen-bond donors (Lipinski definition) is 2. The lowest BCUT2D eigenvalue weighted by Crippen LogP contribution is -2.32. The monoisotopic (exact) mass is 507 g/mol. The molecule has 0 amide bonds. The summed E-state index contributed by atoms with van der Waals surface area (Å²) in [5.74, 6) is 0.952. The molecule has 5 nitrogen and oxygen atoms in total. The number of aromatic amines is 1. The van der Waals surface area contributed by atoms with E-state index in [-0.39, 0.29) is 11.3 Å². The molecule has 2 aromatic carbocycles. The van der Waals surface area contributed by atoms with Crippen molar-refractivity contribution in [3.8, 4) is 0 Å². The van der Waals surface area contributed by atoms with Gasteiger partial charge in [0.1, 0.15) is 5.82 Å². The summed E-state index contributed by atoms with van der Waals surface area (Å²) in [4.78, 5) is 33.9. The molecule has 2 aliphatic rings. The first-order valence-electron chi connectivity index (χ1n) is 10.6. The first-order chi connectivity index (χ1) is 15.5. The maximum absolute atomic E-state index is 13.3. The third-order valence-corrected chi connectivity index (χ3v) is 7.35. The molecule has 1 aliphatic carbocycles. The zero-order chi connectivity index (χ0) is 22.2. The molecule has 162 valence electrons. The van der Waals surface area contributed by atoms with Crippen LogP contribution in [-0.4, -0.2) is 15.8 Å². The molecule has 32 heavy (non-hydrogen) atoms.